The summed E-state index contributed by atoms with van der Waals surface area (Å²) in [5.41, 5.74) is 3.84. The quantitative estimate of drug-likeness (QED) is 0.510. The number of halogens is 1. The number of carbonyl (C=O) groups excluding carboxylic acids is 1. The maximum Gasteiger partial charge on any atom is 0.221 e. The first-order valence-corrected chi connectivity index (χ1v) is 8.89. The zero-order valence-electron chi connectivity index (χ0n) is 15.5. The van der Waals surface area contributed by atoms with Crippen molar-refractivity contribution in [2.75, 3.05) is 5.32 Å². The third-order valence-electron chi connectivity index (χ3n) is 4.82. The normalized spacial score (nSPS) is 11.0. The zero-order valence-corrected chi connectivity index (χ0v) is 15.5. The number of fused-ring (bicyclic) bond motifs is 1. The number of hydrogen-bond acceptors (Lipinski definition) is 2. The van der Waals surface area contributed by atoms with Crippen molar-refractivity contribution in [3.05, 3.63) is 72.7 Å². The standard InChI is InChI=1S/C23H19FN2O2/c1-14(27)25-21-8-6-16(13-20(21)24)19-5-3-4-18(23(19)28)15-7-9-22-17(12-15)10-11-26(22)2/h3-13,28H,1-2H3,(H,25,27). The minimum Gasteiger partial charge on any atom is -0.507 e. The van der Waals surface area contributed by atoms with Crippen molar-refractivity contribution >= 4 is 22.5 Å². The van der Waals surface area contributed by atoms with Crippen molar-refractivity contribution < 1.29 is 14.3 Å². The number of anilines is 1. The Kier molecular flexibility index (Phi) is 4.35. The Morgan fingerprint density at radius 1 is 1.00 bits per heavy atom. The van der Waals surface area contributed by atoms with Crippen molar-refractivity contribution in [1.82, 2.24) is 4.57 Å². The van der Waals surface area contributed by atoms with Gasteiger partial charge in [0.05, 0.1) is 5.69 Å². The van der Waals surface area contributed by atoms with Gasteiger partial charge < -0.3 is 15.0 Å². The number of benzene rings is 3. The first-order valence-electron chi connectivity index (χ1n) is 8.89. The van der Waals surface area contributed by atoms with Crippen molar-refractivity contribution in [2.45, 2.75) is 6.92 Å². The average molecular weight is 374 g/mol. The summed E-state index contributed by atoms with van der Waals surface area (Å²) >= 11 is 0. The minimum absolute atomic E-state index is 0.0875. The van der Waals surface area contributed by atoms with Crippen LogP contribution in [0.25, 0.3) is 33.2 Å². The second kappa shape index (κ2) is 6.85. The lowest BCUT2D eigenvalue weighted by atomic mass is 9.96. The Morgan fingerprint density at radius 2 is 1.68 bits per heavy atom. The van der Waals surface area contributed by atoms with Gasteiger partial charge in [-0.25, -0.2) is 4.39 Å². The molecule has 4 nitrogen and oxygen atoms in total. The van der Waals surface area contributed by atoms with Crippen molar-refractivity contribution in [3.63, 3.8) is 0 Å². The van der Waals surface area contributed by atoms with E-state index in [2.05, 4.69) is 5.32 Å². The van der Waals surface area contributed by atoms with E-state index in [4.69, 9.17) is 0 Å². The molecule has 1 amide bonds. The number of nitrogens with one attached hydrogen (secondary N) is 1. The second-order valence-electron chi connectivity index (χ2n) is 6.78. The summed E-state index contributed by atoms with van der Waals surface area (Å²) in [4.78, 5) is 11.2. The van der Waals surface area contributed by atoms with Gasteiger partial charge in [-0.1, -0.05) is 30.3 Å². The van der Waals surface area contributed by atoms with Crippen LogP contribution >= 0.6 is 0 Å². The molecule has 4 aromatic rings. The van der Waals surface area contributed by atoms with Crippen LogP contribution in [0.15, 0.2) is 66.9 Å². The number of rotatable bonds is 3. The van der Waals surface area contributed by atoms with Crippen LogP contribution in [0.3, 0.4) is 0 Å². The summed E-state index contributed by atoms with van der Waals surface area (Å²) in [6, 6.07) is 17.9. The van der Waals surface area contributed by atoms with E-state index in [1.165, 1.54) is 19.1 Å². The molecule has 4 rings (SSSR count). The van der Waals surface area contributed by atoms with Gasteiger partial charge in [0.25, 0.3) is 0 Å². The Morgan fingerprint density at radius 3 is 2.36 bits per heavy atom. The molecule has 140 valence electrons. The monoisotopic (exact) mass is 374 g/mol. The fraction of sp³-hybridized carbons (Fsp3) is 0.0870. The molecule has 0 atom stereocenters. The molecule has 0 radical (unpaired) electrons. The lowest BCUT2D eigenvalue weighted by molar-refractivity contribution is -0.114. The molecule has 0 spiro atoms. The zero-order chi connectivity index (χ0) is 19.8. The highest BCUT2D eigenvalue weighted by Gasteiger charge is 2.14. The van der Waals surface area contributed by atoms with Crippen LogP contribution in [0.4, 0.5) is 10.1 Å². The van der Waals surface area contributed by atoms with E-state index in [0.29, 0.717) is 16.7 Å². The maximum absolute atomic E-state index is 14.3. The van der Waals surface area contributed by atoms with E-state index in [1.807, 2.05) is 54.2 Å². The predicted octanol–water partition coefficient (Wildman–Crippen LogP) is 5.32. The van der Waals surface area contributed by atoms with Gasteiger partial charge in [0, 0.05) is 42.2 Å². The van der Waals surface area contributed by atoms with E-state index >= 15 is 0 Å². The van der Waals surface area contributed by atoms with E-state index in [9.17, 15) is 14.3 Å². The topological polar surface area (TPSA) is 54.3 Å². The number of para-hydroxylation sites is 1. The number of aromatic nitrogens is 1. The molecule has 5 heteroatoms. The smallest absolute Gasteiger partial charge is 0.221 e. The molecular weight excluding hydrogens is 355 g/mol. The predicted molar refractivity (Wildman–Crippen MR) is 110 cm³/mol. The lowest BCUT2D eigenvalue weighted by Gasteiger charge is -2.12. The van der Waals surface area contributed by atoms with Gasteiger partial charge in [0.2, 0.25) is 5.91 Å². The van der Waals surface area contributed by atoms with Crippen LogP contribution in [0.2, 0.25) is 0 Å². The third kappa shape index (κ3) is 3.11. The second-order valence-corrected chi connectivity index (χ2v) is 6.78. The molecule has 2 N–H and O–H groups in total. The van der Waals surface area contributed by atoms with Gasteiger partial charge in [-0.15, -0.1) is 0 Å². The van der Waals surface area contributed by atoms with Crippen LogP contribution in [-0.4, -0.2) is 15.6 Å². The van der Waals surface area contributed by atoms with Gasteiger partial charge in [0.1, 0.15) is 11.6 Å². The Balaban J connectivity index is 1.78. The number of aryl methyl sites for hydroxylation is 1. The van der Waals surface area contributed by atoms with E-state index in [-0.39, 0.29) is 17.3 Å². The number of phenols is 1. The molecule has 0 aliphatic rings. The van der Waals surface area contributed by atoms with Crippen LogP contribution in [0.5, 0.6) is 5.75 Å². The van der Waals surface area contributed by atoms with E-state index < -0.39 is 5.82 Å². The van der Waals surface area contributed by atoms with Crippen LogP contribution in [0.1, 0.15) is 6.92 Å². The van der Waals surface area contributed by atoms with Gasteiger partial charge in [-0.2, -0.15) is 0 Å². The number of hydrogen-bond donors (Lipinski definition) is 2. The molecule has 0 saturated heterocycles. The Labute approximate surface area is 161 Å². The van der Waals surface area contributed by atoms with Gasteiger partial charge in [0.15, 0.2) is 0 Å². The first-order chi connectivity index (χ1) is 13.4. The highest BCUT2D eigenvalue weighted by molar-refractivity contribution is 5.91. The van der Waals surface area contributed by atoms with Crippen LogP contribution in [0, 0.1) is 5.82 Å². The molecular formula is C23H19FN2O2. The number of phenolic OH excluding ortho intramolecular Hbond substituents is 1. The molecule has 1 aromatic heterocycles. The SMILES string of the molecule is CC(=O)Nc1ccc(-c2cccc(-c3ccc4c(ccn4C)c3)c2O)cc1F. The Bertz CT molecular complexity index is 1210. The average Bonchev–Trinajstić information content (AvgIpc) is 3.04. The highest BCUT2D eigenvalue weighted by Crippen LogP contribution is 2.39. The van der Waals surface area contributed by atoms with Crippen LogP contribution in [-0.2, 0) is 11.8 Å². The molecule has 0 aliphatic heterocycles. The number of carbonyl (C=O) groups is 1. The molecule has 28 heavy (non-hydrogen) atoms. The van der Waals surface area contributed by atoms with E-state index in [1.54, 1.807) is 12.1 Å². The third-order valence-corrected chi connectivity index (χ3v) is 4.82. The minimum atomic E-state index is -0.553. The summed E-state index contributed by atoms with van der Waals surface area (Å²) in [5.74, 6) is -0.805. The largest absolute Gasteiger partial charge is 0.507 e. The number of nitrogens with zero attached hydrogens (tertiary/aromatic N) is 1. The molecule has 1 heterocycles. The number of amides is 1. The summed E-state index contributed by atoms with van der Waals surface area (Å²) in [7, 11) is 1.99. The van der Waals surface area contributed by atoms with E-state index in [0.717, 1.165) is 16.5 Å². The summed E-state index contributed by atoms with van der Waals surface area (Å²) < 4.78 is 16.4. The maximum atomic E-state index is 14.3. The van der Waals surface area contributed by atoms with Gasteiger partial charge in [-0.05, 0) is 41.5 Å². The fourth-order valence-electron chi connectivity index (χ4n) is 3.43. The highest BCUT2D eigenvalue weighted by atomic mass is 19.1. The van der Waals surface area contributed by atoms with Crippen molar-refractivity contribution in [3.8, 4) is 28.0 Å². The Hall–Kier alpha value is -3.60. The van der Waals surface area contributed by atoms with Crippen molar-refractivity contribution in [2.24, 2.45) is 7.05 Å². The molecule has 0 bridgehead atoms. The lowest BCUT2D eigenvalue weighted by Crippen LogP contribution is -2.07. The fourth-order valence-corrected chi connectivity index (χ4v) is 3.43. The van der Waals surface area contributed by atoms with Gasteiger partial charge in [-0.3, -0.25) is 4.79 Å². The summed E-state index contributed by atoms with van der Waals surface area (Å²) in [5, 5.41) is 14.4. The molecule has 0 fully saturated rings. The summed E-state index contributed by atoms with van der Waals surface area (Å²) in [6.07, 6.45) is 1.99. The van der Waals surface area contributed by atoms with Crippen LogP contribution < -0.4 is 5.32 Å². The number of aromatic hydroxyl groups is 1. The summed E-state index contributed by atoms with van der Waals surface area (Å²) in [6.45, 7) is 1.33. The molecule has 0 saturated carbocycles. The van der Waals surface area contributed by atoms with Crippen molar-refractivity contribution in [1.29, 1.82) is 0 Å². The van der Waals surface area contributed by atoms with Gasteiger partial charge >= 0.3 is 0 Å². The molecule has 0 aliphatic carbocycles. The molecule has 0 unspecified atom stereocenters. The molecule has 3 aromatic carbocycles. The first kappa shape index (κ1) is 17.8.